The highest BCUT2D eigenvalue weighted by atomic mass is 16.5. The molecule has 0 aliphatic rings. The number of aromatic nitrogens is 4. The average molecular weight is 407 g/mol. The van der Waals surface area contributed by atoms with Crippen LogP contribution in [0.3, 0.4) is 0 Å². The fraction of sp³-hybridized carbons (Fsp3) is 0.150. The highest BCUT2D eigenvalue weighted by Gasteiger charge is 2.16. The molecule has 0 saturated carbocycles. The van der Waals surface area contributed by atoms with Crippen LogP contribution >= 0.6 is 0 Å². The molecule has 1 amide bonds. The number of methoxy groups -OCH3 is 1. The number of anilines is 1. The number of carbonyl (C=O) groups is 1. The summed E-state index contributed by atoms with van der Waals surface area (Å²) in [5.41, 5.74) is 0.758. The van der Waals surface area contributed by atoms with Crippen molar-refractivity contribution in [3.8, 4) is 11.6 Å². The van der Waals surface area contributed by atoms with Crippen LogP contribution < -0.4 is 21.3 Å². The van der Waals surface area contributed by atoms with Gasteiger partial charge in [-0.25, -0.2) is 9.36 Å². The van der Waals surface area contributed by atoms with Crippen molar-refractivity contribution in [3.63, 3.8) is 0 Å². The zero-order chi connectivity index (χ0) is 21.3. The zero-order valence-electron chi connectivity index (χ0n) is 16.2. The van der Waals surface area contributed by atoms with E-state index in [0.29, 0.717) is 22.5 Å². The molecule has 4 aromatic rings. The molecular formula is C20H17N5O5. The zero-order valence-corrected chi connectivity index (χ0v) is 16.2. The van der Waals surface area contributed by atoms with E-state index in [1.165, 1.54) is 14.0 Å². The van der Waals surface area contributed by atoms with Crippen molar-refractivity contribution in [2.75, 3.05) is 12.4 Å². The second-order valence-electron chi connectivity index (χ2n) is 6.52. The van der Waals surface area contributed by atoms with Gasteiger partial charge in [-0.3, -0.25) is 9.59 Å². The first kappa shape index (κ1) is 19.1. The summed E-state index contributed by atoms with van der Waals surface area (Å²) < 4.78 is 12.3. The average Bonchev–Trinajstić information content (AvgIpc) is 3.19. The minimum absolute atomic E-state index is 0.0153. The fourth-order valence-electron chi connectivity index (χ4n) is 3.03. The molecule has 0 aliphatic heterocycles. The van der Waals surface area contributed by atoms with Crippen LogP contribution in [0, 0.1) is 0 Å². The highest BCUT2D eigenvalue weighted by Crippen LogP contribution is 2.16. The maximum atomic E-state index is 13.1. The number of carbonyl (C=O) groups excluding carboxylic acids is 1. The summed E-state index contributed by atoms with van der Waals surface area (Å²) in [5, 5.41) is 11.2. The van der Waals surface area contributed by atoms with Crippen molar-refractivity contribution in [1.82, 2.24) is 19.5 Å². The number of nitrogens with zero attached hydrogens (tertiary/aromatic N) is 4. The molecule has 4 rings (SSSR count). The smallest absolute Gasteiger partial charge is 0.352 e. The second-order valence-corrected chi connectivity index (χ2v) is 6.52. The third kappa shape index (κ3) is 3.58. The van der Waals surface area contributed by atoms with Crippen LogP contribution in [-0.2, 0) is 11.3 Å². The quantitative estimate of drug-likeness (QED) is 0.533. The van der Waals surface area contributed by atoms with E-state index in [2.05, 4.69) is 15.6 Å². The van der Waals surface area contributed by atoms with E-state index in [4.69, 9.17) is 9.26 Å². The van der Waals surface area contributed by atoms with Gasteiger partial charge in [0.25, 0.3) is 5.88 Å². The number of hydrogen-bond donors (Lipinski definition) is 1. The number of amides is 1. The number of fused-ring (bicyclic) bond motifs is 1. The number of rotatable bonds is 5. The van der Waals surface area contributed by atoms with Gasteiger partial charge in [0.2, 0.25) is 5.91 Å². The molecule has 0 aliphatic carbocycles. The minimum atomic E-state index is -0.658. The summed E-state index contributed by atoms with van der Waals surface area (Å²) in [6, 6.07) is 11.8. The number of nitrogens with one attached hydrogen (secondary N) is 1. The largest absolute Gasteiger partial charge is 0.476 e. The number of ether oxygens (including phenoxy) is 1. The van der Waals surface area contributed by atoms with Gasteiger partial charge in [0.15, 0.2) is 5.58 Å². The molecule has 2 heterocycles. The third-order valence-electron chi connectivity index (χ3n) is 4.40. The lowest BCUT2D eigenvalue weighted by Crippen LogP contribution is -2.41. The van der Waals surface area contributed by atoms with E-state index >= 15 is 0 Å². The Morgan fingerprint density at radius 2 is 2.03 bits per heavy atom. The van der Waals surface area contributed by atoms with Gasteiger partial charge >= 0.3 is 11.2 Å². The summed E-state index contributed by atoms with van der Waals surface area (Å²) in [5.74, 6) is -0.488. The van der Waals surface area contributed by atoms with Crippen molar-refractivity contribution in [1.29, 1.82) is 0 Å². The van der Waals surface area contributed by atoms with Gasteiger partial charge in [0.1, 0.15) is 0 Å². The first-order valence-electron chi connectivity index (χ1n) is 8.96. The van der Waals surface area contributed by atoms with Gasteiger partial charge in [-0.1, -0.05) is 17.3 Å². The molecule has 1 N–H and O–H groups in total. The fourth-order valence-corrected chi connectivity index (χ4v) is 3.03. The van der Waals surface area contributed by atoms with Crippen molar-refractivity contribution in [2.24, 2.45) is 0 Å². The molecule has 0 spiro atoms. The Bertz CT molecular complexity index is 1370. The topological polar surface area (TPSA) is 121 Å². The van der Waals surface area contributed by atoms with E-state index in [1.54, 1.807) is 48.7 Å². The lowest BCUT2D eigenvalue weighted by molar-refractivity contribution is -0.114. The third-order valence-corrected chi connectivity index (χ3v) is 4.40. The van der Waals surface area contributed by atoms with Gasteiger partial charge in [-0.2, -0.15) is 4.68 Å². The van der Waals surface area contributed by atoms with Crippen LogP contribution in [0.5, 0.6) is 5.88 Å². The first-order chi connectivity index (χ1) is 14.5. The Morgan fingerprint density at radius 1 is 1.20 bits per heavy atom. The first-order valence-corrected chi connectivity index (χ1v) is 8.96. The van der Waals surface area contributed by atoms with Crippen LogP contribution in [0.2, 0.25) is 0 Å². The van der Waals surface area contributed by atoms with Crippen molar-refractivity contribution in [2.45, 2.75) is 13.5 Å². The Labute approximate surface area is 169 Å². The summed E-state index contributed by atoms with van der Waals surface area (Å²) in [6.07, 6.45) is 1.58. The molecule has 30 heavy (non-hydrogen) atoms. The molecule has 2 aromatic heterocycles. The van der Waals surface area contributed by atoms with Crippen molar-refractivity contribution >= 4 is 22.6 Å². The molecule has 0 atom stereocenters. The molecule has 0 bridgehead atoms. The Hall–Kier alpha value is -4.21. The SMILES string of the molecule is COc1nn(-c2cccc(NC(C)=O)c2)c(=O)n(Cc2ccc3cnoc3c2)c1=O. The lowest BCUT2D eigenvalue weighted by atomic mass is 10.2. The van der Waals surface area contributed by atoms with Crippen LogP contribution in [0.25, 0.3) is 16.7 Å². The molecule has 2 aromatic carbocycles. The Kier molecular flexibility index (Phi) is 4.88. The van der Waals surface area contributed by atoms with E-state index in [9.17, 15) is 14.4 Å². The maximum Gasteiger partial charge on any atom is 0.352 e. The number of benzene rings is 2. The standard InChI is InChI=1S/C20H17N5O5/c1-12(26)22-15-4-3-5-16(9-15)25-20(28)24(19(27)18(23-25)29-2)11-13-6-7-14-10-21-30-17(14)8-13/h3-10H,11H2,1-2H3,(H,22,26). The molecule has 10 heteroatoms. The predicted molar refractivity (Wildman–Crippen MR) is 108 cm³/mol. The molecule has 10 nitrogen and oxygen atoms in total. The van der Waals surface area contributed by atoms with Crippen LogP contribution in [0.4, 0.5) is 5.69 Å². The van der Waals surface area contributed by atoms with Crippen LogP contribution in [0.15, 0.2) is 62.8 Å². The number of hydrogen-bond acceptors (Lipinski definition) is 7. The summed E-state index contributed by atoms with van der Waals surface area (Å²) in [7, 11) is 1.30. The van der Waals surface area contributed by atoms with Crippen molar-refractivity contribution < 1.29 is 14.1 Å². The molecule has 0 saturated heterocycles. The molecule has 0 radical (unpaired) electrons. The second kappa shape index (κ2) is 7.66. The summed E-state index contributed by atoms with van der Waals surface area (Å²) in [4.78, 5) is 37.1. The lowest BCUT2D eigenvalue weighted by Gasteiger charge is -2.12. The Morgan fingerprint density at radius 3 is 2.80 bits per heavy atom. The summed E-state index contributed by atoms with van der Waals surface area (Å²) in [6.45, 7) is 1.37. The molecular weight excluding hydrogens is 390 g/mol. The monoisotopic (exact) mass is 407 g/mol. The normalized spacial score (nSPS) is 10.9. The van der Waals surface area contributed by atoms with Gasteiger partial charge in [0, 0.05) is 18.0 Å². The summed E-state index contributed by atoms with van der Waals surface area (Å²) >= 11 is 0. The minimum Gasteiger partial charge on any atom is -0.476 e. The highest BCUT2D eigenvalue weighted by molar-refractivity contribution is 5.88. The molecule has 152 valence electrons. The van der Waals surface area contributed by atoms with Gasteiger partial charge in [0.05, 0.1) is 25.5 Å². The van der Waals surface area contributed by atoms with E-state index in [0.717, 1.165) is 14.6 Å². The molecule has 0 unspecified atom stereocenters. The van der Waals surface area contributed by atoms with Crippen molar-refractivity contribution in [3.05, 3.63) is 75.1 Å². The van der Waals surface area contributed by atoms with Gasteiger partial charge < -0.3 is 14.6 Å². The van der Waals surface area contributed by atoms with Gasteiger partial charge in [-0.15, -0.1) is 5.10 Å². The van der Waals surface area contributed by atoms with E-state index < -0.39 is 11.2 Å². The maximum absolute atomic E-state index is 13.1. The van der Waals surface area contributed by atoms with E-state index in [1.807, 2.05) is 0 Å². The van der Waals surface area contributed by atoms with Crippen LogP contribution in [-0.4, -0.2) is 32.5 Å². The Balaban J connectivity index is 1.82. The molecule has 0 fully saturated rings. The van der Waals surface area contributed by atoms with E-state index in [-0.39, 0.29) is 18.3 Å². The van der Waals surface area contributed by atoms with Crippen LogP contribution in [0.1, 0.15) is 12.5 Å². The predicted octanol–water partition coefficient (Wildman–Crippen LogP) is 1.55. The van der Waals surface area contributed by atoms with Gasteiger partial charge in [-0.05, 0) is 35.9 Å².